The van der Waals surface area contributed by atoms with Crippen LogP contribution in [0, 0.1) is 16.2 Å². The summed E-state index contributed by atoms with van der Waals surface area (Å²) < 4.78 is 19.5. The van der Waals surface area contributed by atoms with Gasteiger partial charge in [-0.1, -0.05) is 84.9 Å². The number of ether oxygens (including phenoxy) is 2. The van der Waals surface area contributed by atoms with Crippen molar-refractivity contribution in [2.45, 2.75) is 67.9 Å². The molecule has 5 nitrogen and oxygen atoms in total. The summed E-state index contributed by atoms with van der Waals surface area (Å²) in [5, 5.41) is 11.0. The molecule has 3 heterocycles. The lowest BCUT2D eigenvalue weighted by Crippen LogP contribution is -2.33. The minimum atomic E-state index is -0.193. The SMILES string of the molecule is CC/C=C1/C=Cc2c(ccnc2-c2cc3oc4ccccc4c3cc2/C(C)=C2/OC(C(C)(C)C)=CC(C(C)(C)C)O2)C1=N. The molecule has 1 atom stereocenters. The Morgan fingerprint density at radius 3 is 2.44 bits per heavy atom. The molecule has 2 aromatic carbocycles. The van der Waals surface area contributed by atoms with Gasteiger partial charge in [0.2, 0.25) is 0 Å². The van der Waals surface area contributed by atoms with Crippen molar-refractivity contribution >= 4 is 39.3 Å². The fraction of sp³-hybridized carbons (Fsp3) is 0.316. The first-order valence-corrected chi connectivity index (χ1v) is 15.1. The number of aromatic nitrogens is 1. The Hall–Kier alpha value is -4.38. The number of para-hydroxylation sites is 1. The smallest absolute Gasteiger partial charge is 0.288 e. The third kappa shape index (κ3) is 5.11. The Morgan fingerprint density at radius 2 is 1.72 bits per heavy atom. The van der Waals surface area contributed by atoms with Crippen molar-refractivity contribution in [3.05, 3.63) is 101 Å². The summed E-state index contributed by atoms with van der Waals surface area (Å²) in [6.07, 6.45) is 10.8. The van der Waals surface area contributed by atoms with Crippen LogP contribution in [0.2, 0.25) is 0 Å². The summed E-state index contributed by atoms with van der Waals surface area (Å²) in [6.45, 7) is 17.2. The van der Waals surface area contributed by atoms with Crippen LogP contribution in [0.5, 0.6) is 0 Å². The molecule has 0 radical (unpaired) electrons. The number of fused-ring (bicyclic) bond motifs is 4. The fourth-order valence-corrected chi connectivity index (χ4v) is 5.70. The number of pyridine rings is 1. The minimum Gasteiger partial charge on any atom is -0.457 e. The number of benzene rings is 2. The highest BCUT2D eigenvalue weighted by molar-refractivity contribution is 6.18. The number of rotatable bonds is 3. The molecule has 0 spiro atoms. The number of allylic oxidation sites excluding steroid dienone is 5. The van der Waals surface area contributed by atoms with Crippen LogP contribution in [0.3, 0.4) is 0 Å². The van der Waals surface area contributed by atoms with Crippen LogP contribution >= 0.6 is 0 Å². The van der Waals surface area contributed by atoms with E-state index in [1.807, 2.05) is 30.3 Å². The molecule has 0 amide bonds. The third-order valence-corrected chi connectivity index (χ3v) is 8.22. The Labute approximate surface area is 254 Å². The Bertz CT molecular complexity index is 1900. The highest BCUT2D eigenvalue weighted by Gasteiger charge is 2.35. The summed E-state index contributed by atoms with van der Waals surface area (Å²) in [7, 11) is 0. The maximum atomic E-state index is 8.93. The second-order valence-corrected chi connectivity index (χ2v) is 13.6. The van der Waals surface area contributed by atoms with Gasteiger partial charge in [-0.3, -0.25) is 10.4 Å². The summed E-state index contributed by atoms with van der Waals surface area (Å²) in [6, 6.07) is 14.3. The van der Waals surface area contributed by atoms with E-state index in [9.17, 15) is 0 Å². The number of nitrogens with one attached hydrogen (secondary N) is 1. The molecule has 43 heavy (non-hydrogen) atoms. The predicted molar refractivity (Wildman–Crippen MR) is 177 cm³/mol. The molecule has 1 aliphatic heterocycles. The Balaban J connectivity index is 1.62. The molecular weight excluding hydrogens is 532 g/mol. The number of nitrogens with zero attached hydrogens (tertiary/aromatic N) is 1. The summed E-state index contributed by atoms with van der Waals surface area (Å²) in [5.74, 6) is 1.40. The van der Waals surface area contributed by atoms with Gasteiger partial charge in [0.25, 0.3) is 5.95 Å². The van der Waals surface area contributed by atoms with Gasteiger partial charge in [0.05, 0.1) is 11.4 Å². The summed E-state index contributed by atoms with van der Waals surface area (Å²) in [5.41, 5.74) is 8.05. The molecule has 0 saturated carbocycles. The molecular formula is C38H40N2O3. The van der Waals surface area contributed by atoms with Crippen molar-refractivity contribution in [2.75, 3.05) is 0 Å². The van der Waals surface area contributed by atoms with E-state index in [0.29, 0.717) is 11.7 Å². The molecule has 1 N–H and O–H groups in total. The van der Waals surface area contributed by atoms with Crippen molar-refractivity contribution in [1.29, 1.82) is 5.41 Å². The Morgan fingerprint density at radius 1 is 0.953 bits per heavy atom. The molecule has 220 valence electrons. The molecule has 5 heteroatoms. The van der Waals surface area contributed by atoms with Gasteiger partial charge in [-0.15, -0.1) is 0 Å². The quantitative estimate of drug-likeness (QED) is 0.265. The predicted octanol–water partition coefficient (Wildman–Crippen LogP) is 10.5. The van der Waals surface area contributed by atoms with Crippen molar-refractivity contribution in [3.8, 4) is 11.3 Å². The monoisotopic (exact) mass is 572 g/mol. The maximum Gasteiger partial charge on any atom is 0.288 e. The van der Waals surface area contributed by atoms with Crippen LogP contribution in [0.4, 0.5) is 0 Å². The van der Waals surface area contributed by atoms with E-state index < -0.39 is 0 Å². The van der Waals surface area contributed by atoms with Crippen molar-refractivity contribution in [2.24, 2.45) is 10.8 Å². The average Bonchev–Trinajstić information content (AvgIpc) is 3.34. The van der Waals surface area contributed by atoms with Crippen LogP contribution in [0.1, 0.15) is 78.5 Å². The molecule has 0 saturated heterocycles. The molecule has 1 aliphatic carbocycles. The van der Waals surface area contributed by atoms with E-state index in [0.717, 1.165) is 73.2 Å². The van der Waals surface area contributed by atoms with Gasteiger partial charge in [0.1, 0.15) is 23.0 Å². The molecule has 4 aromatic rings. The van der Waals surface area contributed by atoms with Crippen molar-refractivity contribution < 1.29 is 13.9 Å². The molecule has 1 unspecified atom stereocenters. The zero-order chi connectivity index (χ0) is 30.7. The van der Waals surface area contributed by atoms with E-state index in [1.165, 1.54) is 0 Å². The van der Waals surface area contributed by atoms with Crippen LogP contribution in [-0.4, -0.2) is 16.8 Å². The second-order valence-electron chi connectivity index (χ2n) is 13.6. The third-order valence-electron chi connectivity index (χ3n) is 8.22. The van der Waals surface area contributed by atoms with Crippen LogP contribution in [0.25, 0.3) is 44.8 Å². The van der Waals surface area contributed by atoms with E-state index in [2.05, 4.69) is 91.8 Å². The molecule has 0 bridgehead atoms. The van der Waals surface area contributed by atoms with Gasteiger partial charge in [-0.25, -0.2) is 0 Å². The van der Waals surface area contributed by atoms with Gasteiger partial charge < -0.3 is 13.9 Å². The zero-order valence-electron chi connectivity index (χ0n) is 26.4. The van der Waals surface area contributed by atoms with E-state index >= 15 is 0 Å². The molecule has 6 rings (SSSR count). The van der Waals surface area contributed by atoms with Crippen LogP contribution in [-0.2, 0) is 9.47 Å². The highest BCUT2D eigenvalue weighted by Crippen LogP contribution is 2.44. The maximum absolute atomic E-state index is 8.93. The van der Waals surface area contributed by atoms with Gasteiger partial charge >= 0.3 is 0 Å². The van der Waals surface area contributed by atoms with E-state index in [4.69, 9.17) is 24.3 Å². The van der Waals surface area contributed by atoms with Crippen molar-refractivity contribution in [1.82, 2.24) is 4.98 Å². The number of hydrogen-bond donors (Lipinski definition) is 1. The number of hydrogen-bond acceptors (Lipinski definition) is 5. The first kappa shape index (κ1) is 28.7. The normalized spacial score (nSPS) is 19.3. The first-order valence-electron chi connectivity index (χ1n) is 15.1. The Kier molecular flexibility index (Phi) is 6.95. The van der Waals surface area contributed by atoms with Crippen LogP contribution in [0.15, 0.2) is 88.6 Å². The van der Waals surface area contributed by atoms with E-state index in [-0.39, 0.29) is 16.9 Å². The number of furan rings is 1. The van der Waals surface area contributed by atoms with Gasteiger partial charge in [0, 0.05) is 50.1 Å². The van der Waals surface area contributed by atoms with Crippen molar-refractivity contribution in [3.63, 3.8) is 0 Å². The lowest BCUT2D eigenvalue weighted by molar-refractivity contribution is -0.0419. The minimum absolute atomic E-state index is 0.131. The van der Waals surface area contributed by atoms with Crippen LogP contribution < -0.4 is 0 Å². The second kappa shape index (κ2) is 10.4. The highest BCUT2D eigenvalue weighted by atomic mass is 16.7. The van der Waals surface area contributed by atoms with E-state index in [1.54, 1.807) is 6.20 Å². The lowest BCUT2D eigenvalue weighted by Gasteiger charge is -2.37. The van der Waals surface area contributed by atoms with Gasteiger partial charge in [-0.05, 0) is 54.8 Å². The average molecular weight is 573 g/mol. The molecule has 2 aliphatic rings. The first-order chi connectivity index (χ1) is 20.4. The fourth-order valence-electron chi connectivity index (χ4n) is 5.70. The van der Waals surface area contributed by atoms with Gasteiger partial charge in [-0.2, -0.15) is 0 Å². The summed E-state index contributed by atoms with van der Waals surface area (Å²) >= 11 is 0. The van der Waals surface area contributed by atoms with Gasteiger partial charge in [0.15, 0.2) is 0 Å². The summed E-state index contributed by atoms with van der Waals surface area (Å²) in [4.78, 5) is 4.90. The lowest BCUT2D eigenvalue weighted by atomic mass is 9.84. The largest absolute Gasteiger partial charge is 0.457 e. The standard InChI is InChI=1S/C38H40N2O3/c1-9-12-23-15-16-26-25(34(23)39)17-18-40-35(26)29-20-31-28(24-13-10-11-14-30(24)41-31)19-27(29)22(2)36-42-32(37(3,4)5)21-33(43-36)38(6,7)8/h10-21,32,39H,9H2,1-8H3/b23-12-,36-22+,39-34?. The topological polar surface area (TPSA) is 68.3 Å². The molecule has 2 aromatic heterocycles. The molecule has 0 fully saturated rings. The zero-order valence-corrected chi connectivity index (χ0v) is 26.4.